The van der Waals surface area contributed by atoms with Gasteiger partial charge in [0.25, 0.3) is 0 Å². The van der Waals surface area contributed by atoms with Crippen molar-refractivity contribution in [3.63, 3.8) is 0 Å². The van der Waals surface area contributed by atoms with Crippen LogP contribution in [0.2, 0.25) is 0 Å². The number of carbonyl (C=O) groups is 2. The van der Waals surface area contributed by atoms with Crippen molar-refractivity contribution >= 4 is 11.9 Å². The van der Waals surface area contributed by atoms with Crippen LogP contribution in [0.3, 0.4) is 0 Å². The van der Waals surface area contributed by atoms with Crippen LogP contribution >= 0.6 is 0 Å². The zero-order valence-electron chi connectivity index (χ0n) is 14.1. The number of aromatic nitrogens is 3. The summed E-state index contributed by atoms with van der Waals surface area (Å²) in [4.78, 5) is 43.9. The van der Waals surface area contributed by atoms with Gasteiger partial charge in [-0.05, 0) is 24.3 Å². The number of hydrogen-bond acceptors (Lipinski definition) is 9. The van der Waals surface area contributed by atoms with E-state index >= 15 is 0 Å². The van der Waals surface area contributed by atoms with Crippen molar-refractivity contribution in [2.24, 2.45) is 0 Å². The first kappa shape index (κ1) is 19.2. The Labute approximate surface area is 159 Å². The van der Waals surface area contributed by atoms with E-state index in [-0.39, 0.29) is 5.56 Å². The normalized spacial score (nSPS) is 10.6. The van der Waals surface area contributed by atoms with E-state index < -0.39 is 69.0 Å². The maximum Gasteiger partial charge on any atom is 0.348 e. The van der Waals surface area contributed by atoms with Crippen molar-refractivity contribution in [2.45, 2.75) is 0 Å². The molecule has 3 rings (SSSR count). The standard InChI is InChI=1S/C17H11N3O9/c21-5-1-7(11(23)9(3-5)15(25)26)13-18-14(20-17(29)19-13)8-2-6(22)4-10(12(8)24)16(27)28/h1-4,21-24H,(H,25,26)(H,27,28)(H,18,19,20,29). The molecule has 12 nitrogen and oxygen atoms in total. The van der Waals surface area contributed by atoms with Crippen LogP contribution < -0.4 is 5.69 Å². The van der Waals surface area contributed by atoms with Gasteiger partial charge in [-0.25, -0.2) is 19.4 Å². The van der Waals surface area contributed by atoms with E-state index in [2.05, 4.69) is 15.0 Å². The summed E-state index contributed by atoms with van der Waals surface area (Å²) in [5.74, 6) is -6.86. The van der Waals surface area contributed by atoms with Gasteiger partial charge in [0.15, 0.2) is 5.82 Å². The van der Waals surface area contributed by atoms with Gasteiger partial charge in [-0.3, -0.25) is 4.98 Å². The van der Waals surface area contributed by atoms with Crippen molar-refractivity contribution in [1.29, 1.82) is 0 Å². The molecule has 29 heavy (non-hydrogen) atoms. The van der Waals surface area contributed by atoms with Crippen LogP contribution in [-0.2, 0) is 0 Å². The molecule has 0 spiro atoms. The molecule has 7 N–H and O–H groups in total. The number of phenolic OH excluding ortho intramolecular Hbond substituents is 2. The van der Waals surface area contributed by atoms with Gasteiger partial charge in [0, 0.05) is 0 Å². The third-order valence-electron chi connectivity index (χ3n) is 3.80. The third kappa shape index (κ3) is 3.49. The minimum atomic E-state index is -1.57. The van der Waals surface area contributed by atoms with E-state index in [4.69, 9.17) is 10.2 Å². The Balaban J connectivity index is 2.29. The number of nitrogens with one attached hydrogen (secondary N) is 1. The summed E-state index contributed by atoms with van der Waals surface area (Å²) in [7, 11) is 0. The van der Waals surface area contributed by atoms with Crippen molar-refractivity contribution < 1.29 is 40.2 Å². The molecule has 0 bridgehead atoms. The van der Waals surface area contributed by atoms with Crippen molar-refractivity contribution in [3.8, 4) is 45.8 Å². The van der Waals surface area contributed by atoms with Gasteiger partial charge >= 0.3 is 17.6 Å². The number of phenols is 4. The predicted octanol–water partition coefficient (Wildman–Crippen LogP) is 0.718. The molecule has 0 amide bonds. The highest BCUT2D eigenvalue weighted by Crippen LogP contribution is 2.37. The molecule has 0 aliphatic rings. The number of aromatic hydroxyl groups is 4. The molecule has 0 unspecified atom stereocenters. The van der Waals surface area contributed by atoms with Gasteiger partial charge in [0.2, 0.25) is 0 Å². The molecule has 2 aromatic carbocycles. The Kier molecular flexibility index (Phi) is 4.52. The number of hydrogen-bond donors (Lipinski definition) is 7. The predicted molar refractivity (Wildman–Crippen MR) is 94.1 cm³/mol. The Bertz CT molecular complexity index is 1140. The van der Waals surface area contributed by atoms with E-state index in [1.54, 1.807) is 0 Å². The maximum absolute atomic E-state index is 12.0. The number of benzene rings is 2. The smallest absolute Gasteiger partial charge is 0.348 e. The molecular formula is C17H11N3O9. The van der Waals surface area contributed by atoms with Gasteiger partial charge in [-0.15, -0.1) is 0 Å². The van der Waals surface area contributed by atoms with Crippen LogP contribution in [0.4, 0.5) is 0 Å². The molecule has 12 heteroatoms. The summed E-state index contributed by atoms with van der Waals surface area (Å²) in [5, 5.41) is 57.9. The monoisotopic (exact) mass is 401 g/mol. The Morgan fingerprint density at radius 3 is 1.76 bits per heavy atom. The molecule has 3 aromatic rings. The number of rotatable bonds is 4. The largest absolute Gasteiger partial charge is 0.508 e. The van der Waals surface area contributed by atoms with E-state index in [0.717, 1.165) is 24.3 Å². The zero-order chi connectivity index (χ0) is 21.5. The molecular weight excluding hydrogens is 390 g/mol. The Hall–Kier alpha value is -4.61. The summed E-state index contributed by atoms with van der Waals surface area (Å²) in [5.41, 5.74) is -3.19. The van der Waals surface area contributed by atoms with Gasteiger partial charge in [-0.1, -0.05) is 0 Å². The quantitative estimate of drug-likeness (QED) is 0.302. The van der Waals surface area contributed by atoms with E-state index in [0.29, 0.717) is 0 Å². The average Bonchev–Trinajstić information content (AvgIpc) is 2.63. The minimum absolute atomic E-state index is 0.374. The highest BCUT2D eigenvalue weighted by atomic mass is 16.4. The fourth-order valence-corrected chi connectivity index (χ4v) is 2.55. The van der Waals surface area contributed by atoms with E-state index in [1.807, 2.05) is 0 Å². The lowest BCUT2D eigenvalue weighted by Crippen LogP contribution is -2.15. The number of aromatic carboxylic acids is 2. The second-order valence-corrected chi connectivity index (χ2v) is 5.72. The minimum Gasteiger partial charge on any atom is -0.508 e. The molecule has 1 aromatic heterocycles. The summed E-state index contributed by atoms with van der Waals surface area (Å²) in [6.45, 7) is 0. The van der Waals surface area contributed by atoms with E-state index in [9.17, 15) is 34.8 Å². The highest BCUT2D eigenvalue weighted by molar-refractivity contribution is 5.95. The van der Waals surface area contributed by atoms with Crippen molar-refractivity contribution in [1.82, 2.24) is 15.0 Å². The molecule has 0 aliphatic carbocycles. The van der Waals surface area contributed by atoms with Crippen LogP contribution in [0.15, 0.2) is 29.1 Å². The second kappa shape index (κ2) is 6.84. The lowest BCUT2D eigenvalue weighted by Gasteiger charge is -2.10. The Morgan fingerprint density at radius 2 is 1.24 bits per heavy atom. The van der Waals surface area contributed by atoms with Crippen LogP contribution in [-0.4, -0.2) is 57.5 Å². The summed E-state index contributed by atoms with van der Waals surface area (Å²) in [6, 6.07) is 3.39. The fourth-order valence-electron chi connectivity index (χ4n) is 2.55. The van der Waals surface area contributed by atoms with Crippen molar-refractivity contribution in [3.05, 3.63) is 45.9 Å². The fraction of sp³-hybridized carbons (Fsp3) is 0. The SMILES string of the molecule is O=C(O)c1cc(O)cc(-c2nc(-c3cc(O)cc(C(=O)O)c3O)[nH]c(=O)n2)c1O. The van der Waals surface area contributed by atoms with Crippen LogP contribution in [0.5, 0.6) is 23.0 Å². The van der Waals surface area contributed by atoms with E-state index in [1.165, 1.54) is 0 Å². The van der Waals surface area contributed by atoms with Gasteiger partial charge in [0.1, 0.15) is 39.9 Å². The Morgan fingerprint density at radius 1 is 0.759 bits per heavy atom. The first-order valence-corrected chi connectivity index (χ1v) is 7.66. The molecule has 0 aliphatic heterocycles. The number of nitrogens with zero attached hydrogens (tertiary/aromatic N) is 2. The summed E-state index contributed by atoms with van der Waals surface area (Å²) < 4.78 is 0. The molecule has 0 radical (unpaired) electrons. The molecule has 148 valence electrons. The average molecular weight is 401 g/mol. The van der Waals surface area contributed by atoms with Gasteiger partial charge in [-0.2, -0.15) is 4.98 Å². The van der Waals surface area contributed by atoms with Crippen LogP contribution in [0.25, 0.3) is 22.8 Å². The number of H-pyrrole nitrogens is 1. The zero-order valence-corrected chi connectivity index (χ0v) is 14.1. The van der Waals surface area contributed by atoms with Crippen LogP contribution in [0.1, 0.15) is 20.7 Å². The topological polar surface area (TPSA) is 214 Å². The third-order valence-corrected chi connectivity index (χ3v) is 3.80. The first-order valence-electron chi connectivity index (χ1n) is 7.66. The molecule has 0 saturated carbocycles. The highest BCUT2D eigenvalue weighted by Gasteiger charge is 2.22. The number of carboxylic acid groups (broad SMARTS) is 2. The molecule has 0 fully saturated rings. The summed E-state index contributed by atoms with van der Waals surface area (Å²) >= 11 is 0. The maximum atomic E-state index is 12.0. The lowest BCUT2D eigenvalue weighted by atomic mass is 10.1. The van der Waals surface area contributed by atoms with Crippen LogP contribution in [0, 0.1) is 0 Å². The number of aromatic amines is 1. The molecule has 1 heterocycles. The number of carboxylic acids is 2. The van der Waals surface area contributed by atoms with Gasteiger partial charge < -0.3 is 30.6 Å². The van der Waals surface area contributed by atoms with Gasteiger partial charge in [0.05, 0.1) is 11.1 Å². The molecule has 0 atom stereocenters. The summed E-state index contributed by atoms with van der Waals surface area (Å²) in [6.07, 6.45) is 0. The lowest BCUT2D eigenvalue weighted by molar-refractivity contribution is 0.0682. The van der Waals surface area contributed by atoms with Crippen molar-refractivity contribution in [2.75, 3.05) is 0 Å². The molecule has 0 saturated heterocycles. The first-order chi connectivity index (χ1) is 13.6. The second-order valence-electron chi connectivity index (χ2n) is 5.72.